The highest BCUT2D eigenvalue weighted by molar-refractivity contribution is 14.0. The Morgan fingerprint density at radius 2 is 2.15 bits per heavy atom. The molecule has 0 spiro atoms. The summed E-state index contributed by atoms with van der Waals surface area (Å²) in [4.78, 5) is 9.87. The monoisotopic (exact) mass is 560 g/mol. The first-order valence-corrected chi connectivity index (χ1v) is 9.25. The minimum absolute atomic E-state index is 0. The van der Waals surface area contributed by atoms with Crippen LogP contribution in [-0.2, 0) is 13.1 Å². The minimum atomic E-state index is -2.87. The molecule has 1 aromatic carbocycles. The molecule has 1 heterocycles. The van der Waals surface area contributed by atoms with Crippen molar-refractivity contribution in [2.45, 2.75) is 33.5 Å². The average Bonchev–Trinajstić information content (AvgIpc) is 2.97. The standard InChI is InChI=1S/C16H19BrF2N4OS.HI/c1-3-20-16(23-9-14-21-7-10(2)25-14)22-8-11-6-12(17)4-5-13(11)24-15(18)19;/h4-7,15H,3,8-9H2,1-2H3,(H2,20,22,23);1H. The van der Waals surface area contributed by atoms with Crippen molar-refractivity contribution in [1.29, 1.82) is 0 Å². The van der Waals surface area contributed by atoms with E-state index in [1.807, 2.05) is 20.0 Å². The predicted octanol–water partition coefficient (Wildman–Crippen LogP) is 4.69. The summed E-state index contributed by atoms with van der Waals surface area (Å²) in [5, 5.41) is 7.25. The van der Waals surface area contributed by atoms with Gasteiger partial charge in [0.1, 0.15) is 10.8 Å². The fourth-order valence-corrected chi connectivity index (χ4v) is 3.17. The third-order valence-electron chi connectivity index (χ3n) is 3.07. The van der Waals surface area contributed by atoms with E-state index in [9.17, 15) is 8.78 Å². The number of nitrogens with one attached hydrogen (secondary N) is 2. The molecule has 0 amide bonds. The lowest BCUT2D eigenvalue weighted by Gasteiger charge is -2.12. The summed E-state index contributed by atoms with van der Waals surface area (Å²) in [6.45, 7) is 2.51. The van der Waals surface area contributed by atoms with Crippen LogP contribution in [0.25, 0.3) is 0 Å². The van der Waals surface area contributed by atoms with Gasteiger partial charge in [-0.25, -0.2) is 9.98 Å². The Balaban J connectivity index is 0.00000338. The van der Waals surface area contributed by atoms with Crippen molar-refractivity contribution in [1.82, 2.24) is 15.6 Å². The zero-order valence-corrected chi connectivity index (χ0v) is 19.0. The van der Waals surface area contributed by atoms with Crippen LogP contribution in [0.15, 0.2) is 33.9 Å². The van der Waals surface area contributed by atoms with Gasteiger partial charge in [0.25, 0.3) is 0 Å². The van der Waals surface area contributed by atoms with Crippen LogP contribution in [0.4, 0.5) is 8.78 Å². The van der Waals surface area contributed by atoms with E-state index in [4.69, 9.17) is 0 Å². The summed E-state index contributed by atoms with van der Waals surface area (Å²) in [5.74, 6) is 0.701. The Morgan fingerprint density at radius 3 is 2.77 bits per heavy atom. The van der Waals surface area contributed by atoms with Crippen LogP contribution >= 0.6 is 51.2 Å². The van der Waals surface area contributed by atoms with Crippen LogP contribution in [0.3, 0.4) is 0 Å². The van der Waals surface area contributed by atoms with Gasteiger partial charge in [-0.1, -0.05) is 15.9 Å². The Bertz CT molecular complexity index is 730. The number of rotatable bonds is 7. The topological polar surface area (TPSA) is 58.5 Å². The summed E-state index contributed by atoms with van der Waals surface area (Å²) in [5.41, 5.74) is 0.567. The highest BCUT2D eigenvalue weighted by Crippen LogP contribution is 2.25. The van der Waals surface area contributed by atoms with Gasteiger partial charge < -0.3 is 15.4 Å². The number of benzene rings is 1. The number of thiazole rings is 1. The number of aryl methyl sites for hydroxylation is 1. The molecule has 144 valence electrons. The van der Waals surface area contributed by atoms with Gasteiger partial charge in [-0.3, -0.25) is 0 Å². The van der Waals surface area contributed by atoms with E-state index in [1.54, 1.807) is 23.5 Å². The van der Waals surface area contributed by atoms with Crippen LogP contribution in [0, 0.1) is 6.92 Å². The highest BCUT2D eigenvalue weighted by atomic mass is 127. The number of hydrogen-bond donors (Lipinski definition) is 2. The SMILES string of the molecule is CCNC(=NCc1cc(Br)ccc1OC(F)F)NCc1ncc(C)s1.I. The van der Waals surface area contributed by atoms with E-state index in [0.29, 0.717) is 24.6 Å². The molecule has 0 unspecified atom stereocenters. The maximum atomic E-state index is 12.5. The summed E-state index contributed by atoms with van der Waals surface area (Å²) in [6, 6.07) is 4.87. The fourth-order valence-electron chi connectivity index (χ4n) is 2.03. The number of nitrogens with zero attached hydrogens (tertiary/aromatic N) is 2. The smallest absolute Gasteiger partial charge is 0.387 e. The third kappa shape index (κ3) is 7.70. The summed E-state index contributed by atoms with van der Waals surface area (Å²) in [7, 11) is 0. The van der Waals surface area contributed by atoms with E-state index >= 15 is 0 Å². The van der Waals surface area contributed by atoms with Crippen LogP contribution in [0.5, 0.6) is 5.75 Å². The molecule has 1 aromatic heterocycles. The van der Waals surface area contributed by atoms with Crippen molar-refractivity contribution in [3.8, 4) is 5.75 Å². The van der Waals surface area contributed by atoms with Crippen LogP contribution in [0.1, 0.15) is 22.4 Å². The van der Waals surface area contributed by atoms with Crippen LogP contribution in [-0.4, -0.2) is 24.1 Å². The van der Waals surface area contributed by atoms with Crippen molar-refractivity contribution in [2.24, 2.45) is 4.99 Å². The van der Waals surface area contributed by atoms with Crippen molar-refractivity contribution < 1.29 is 13.5 Å². The number of aromatic nitrogens is 1. The molecule has 0 saturated carbocycles. The molecule has 5 nitrogen and oxygen atoms in total. The van der Waals surface area contributed by atoms with E-state index in [-0.39, 0.29) is 36.3 Å². The van der Waals surface area contributed by atoms with E-state index < -0.39 is 6.61 Å². The number of aliphatic imine (C=N–C) groups is 1. The number of guanidine groups is 1. The van der Waals surface area contributed by atoms with Crippen LogP contribution < -0.4 is 15.4 Å². The molecule has 2 rings (SSSR count). The maximum absolute atomic E-state index is 12.5. The van der Waals surface area contributed by atoms with Gasteiger partial charge >= 0.3 is 6.61 Å². The fraction of sp³-hybridized carbons (Fsp3) is 0.375. The predicted molar refractivity (Wildman–Crippen MR) is 115 cm³/mol. The van der Waals surface area contributed by atoms with Crippen molar-refractivity contribution in [3.05, 3.63) is 44.3 Å². The van der Waals surface area contributed by atoms with Gasteiger partial charge in [-0.2, -0.15) is 8.78 Å². The second-order valence-corrected chi connectivity index (χ2v) is 7.28. The normalized spacial score (nSPS) is 11.2. The first kappa shape index (κ1) is 23.0. The molecule has 0 aliphatic rings. The summed E-state index contributed by atoms with van der Waals surface area (Å²) >= 11 is 4.94. The first-order chi connectivity index (χ1) is 12.0. The third-order valence-corrected chi connectivity index (χ3v) is 4.47. The van der Waals surface area contributed by atoms with Crippen molar-refractivity contribution in [2.75, 3.05) is 6.54 Å². The number of alkyl halides is 2. The Kier molecular flexibility index (Phi) is 10.3. The van der Waals surface area contributed by atoms with Crippen LogP contribution in [0.2, 0.25) is 0 Å². The molecule has 10 heteroatoms. The molecule has 26 heavy (non-hydrogen) atoms. The zero-order valence-electron chi connectivity index (χ0n) is 14.3. The summed E-state index contributed by atoms with van der Waals surface area (Å²) < 4.78 is 30.4. The second kappa shape index (κ2) is 11.7. The molecule has 0 radical (unpaired) electrons. The number of hydrogen-bond acceptors (Lipinski definition) is 4. The Hall–Kier alpha value is -1.01. The van der Waals surface area contributed by atoms with Gasteiger partial charge in [0.2, 0.25) is 0 Å². The van der Waals surface area contributed by atoms with Gasteiger partial charge in [0.15, 0.2) is 5.96 Å². The molecular weight excluding hydrogens is 541 g/mol. The molecule has 0 saturated heterocycles. The zero-order chi connectivity index (χ0) is 18.2. The number of halogens is 4. The highest BCUT2D eigenvalue weighted by Gasteiger charge is 2.10. The molecule has 0 aliphatic carbocycles. The summed E-state index contributed by atoms with van der Waals surface area (Å²) in [6.07, 6.45) is 1.82. The lowest BCUT2D eigenvalue weighted by atomic mass is 10.2. The first-order valence-electron chi connectivity index (χ1n) is 7.64. The average molecular weight is 561 g/mol. The molecule has 0 fully saturated rings. The quantitative estimate of drug-likeness (QED) is 0.293. The molecule has 2 N–H and O–H groups in total. The molecule has 0 aliphatic heterocycles. The van der Waals surface area contributed by atoms with Gasteiger partial charge in [-0.05, 0) is 32.0 Å². The second-order valence-electron chi connectivity index (χ2n) is 5.04. The molecular formula is C16H20BrF2IN4OS. The van der Waals surface area contributed by atoms with E-state index in [2.05, 4.69) is 41.3 Å². The lowest BCUT2D eigenvalue weighted by molar-refractivity contribution is -0.0504. The maximum Gasteiger partial charge on any atom is 0.387 e. The molecule has 2 aromatic rings. The Morgan fingerprint density at radius 1 is 1.38 bits per heavy atom. The van der Waals surface area contributed by atoms with Crippen molar-refractivity contribution >= 4 is 57.2 Å². The van der Waals surface area contributed by atoms with E-state index in [1.165, 1.54) is 6.07 Å². The minimum Gasteiger partial charge on any atom is -0.434 e. The Labute approximate surface area is 180 Å². The van der Waals surface area contributed by atoms with Crippen molar-refractivity contribution in [3.63, 3.8) is 0 Å². The van der Waals surface area contributed by atoms with E-state index in [0.717, 1.165) is 14.4 Å². The van der Waals surface area contributed by atoms with Gasteiger partial charge in [0, 0.05) is 27.7 Å². The molecule has 0 atom stereocenters. The lowest BCUT2D eigenvalue weighted by Crippen LogP contribution is -2.36. The molecule has 0 bridgehead atoms. The van der Waals surface area contributed by atoms with Gasteiger partial charge in [-0.15, -0.1) is 35.3 Å². The largest absolute Gasteiger partial charge is 0.434 e. The van der Waals surface area contributed by atoms with Gasteiger partial charge in [0.05, 0.1) is 13.1 Å². The number of ether oxygens (including phenoxy) is 1.